The summed E-state index contributed by atoms with van der Waals surface area (Å²) in [5.74, 6) is -1.60. The molecule has 0 saturated heterocycles. The number of halogens is 10. The lowest BCUT2D eigenvalue weighted by Gasteiger charge is -2.18. The first kappa shape index (κ1) is 34.8. The van der Waals surface area contributed by atoms with Crippen LogP contribution in [0.2, 0.25) is 0 Å². The molecule has 0 unspecified atom stereocenters. The molecule has 2 rings (SSSR count). The Morgan fingerprint density at radius 3 is 0.865 bits per heavy atom. The molecule has 196 valence electrons. The third kappa shape index (κ3) is 7.91. The van der Waals surface area contributed by atoms with Crippen molar-refractivity contribution in [3.05, 3.63) is 43.7 Å². The first-order valence-electron chi connectivity index (χ1n) is 8.82. The van der Waals surface area contributed by atoms with E-state index in [9.17, 15) is 28.8 Å². The Morgan fingerprint density at radius 1 is 0.459 bits per heavy atom. The molecule has 0 atom stereocenters. The molecule has 0 saturated carbocycles. The average Bonchev–Trinajstić information content (AvgIpc) is 2.73. The number of carbonyl (C=O) groups excluding carboxylic acids is 6. The van der Waals surface area contributed by atoms with Crippen molar-refractivity contribution in [2.75, 3.05) is 10.6 Å². The topological polar surface area (TPSA) is 126 Å². The van der Waals surface area contributed by atoms with Gasteiger partial charge in [0, 0.05) is 7.14 Å². The molecule has 0 spiro atoms. The summed E-state index contributed by atoms with van der Waals surface area (Å²) in [6.45, 7) is 0. The van der Waals surface area contributed by atoms with Crippen molar-refractivity contribution in [3.8, 4) is 0 Å². The van der Waals surface area contributed by atoms with Crippen LogP contribution < -0.4 is 10.6 Å². The van der Waals surface area contributed by atoms with Gasteiger partial charge in [0.25, 0.3) is 21.0 Å². The number of rotatable bonds is 8. The molecule has 0 aliphatic rings. The summed E-state index contributed by atoms with van der Waals surface area (Å²) in [5.41, 5.74) is 0.0723. The zero-order valence-electron chi connectivity index (χ0n) is 16.9. The van der Waals surface area contributed by atoms with E-state index >= 15 is 0 Å². The van der Waals surface area contributed by atoms with Crippen LogP contribution in [-0.2, 0) is 9.59 Å². The Bertz CT molecular complexity index is 1250. The molecule has 2 N–H and O–H groups in total. The molecule has 0 aliphatic carbocycles. The molecule has 0 bridgehead atoms. The van der Waals surface area contributed by atoms with Gasteiger partial charge in [0.2, 0.25) is 11.8 Å². The Hall–Kier alpha value is 1.60. The van der Waals surface area contributed by atoms with E-state index in [0.29, 0.717) is 0 Å². The summed E-state index contributed by atoms with van der Waals surface area (Å²) in [5, 5.41) is 1.57. The van der Waals surface area contributed by atoms with E-state index in [-0.39, 0.29) is 55.0 Å². The van der Waals surface area contributed by atoms with Crippen molar-refractivity contribution in [2.24, 2.45) is 0 Å². The highest BCUT2D eigenvalue weighted by Crippen LogP contribution is 2.38. The number of nitrogens with one attached hydrogen (secondary N) is 2. The minimum Gasteiger partial charge on any atom is -0.324 e. The third-order valence-electron chi connectivity index (χ3n) is 4.27. The second-order valence-electron chi connectivity index (χ2n) is 6.50. The van der Waals surface area contributed by atoms with Crippen LogP contribution in [0.3, 0.4) is 0 Å². The van der Waals surface area contributed by atoms with Gasteiger partial charge in [-0.05, 0) is 182 Å². The molecule has 0 aliphatic heterocycles. The second kappa shape index (κ2) is 14.7. The molecule has 2 amide bonds. The lowest BCUT2D eigenvalue weighted by atomic mass is 10.1. The molecule has 2 aromatic carbocycles. The highest BCUT2D eigenvalue weighted by molar-refractivity contribution is 14.1. The number of hydrogen-bond donors (Lipinski definition) is 2. The minimum absolute atomic E-state index is 0.0217. The molecule has 37 heavy (non-hydrogen) atoms. The number of carbonyl (C=O) groups is 6. The highest BCUT2D eigenvalue weighted by Gasteiger charge is 2.29. The van der Waals surface area contributed by atoms with Crippen LogP contribution in [0.1, 0.15) is 47.9 Å². The second-order valence-corrected chi connectivity index (χ2v) is 14.3. The number of benzene rings is 2. The Labute approximate surface area is 310 Å². The van der Waals surface area contributed by atoms with Crippen LogP contribution in [0.5, 0.6) is 0 Å². The standard InChI is InChI=1S/C19H4Cl4I6N2O6/c20-16(34)4-8(24)5(17(21)35)11(27)14(10(4)26)30-2(32)1-3(33)31-15-12(28)6(18(22)36)9(25)7(13(15)29)19(23)37/h1H2,(H,30,32)(H,31,33). The predicted octanol–water partition coefficient (Wildman–Crippen LogP) is 7.80. The smallest absolute Gasteiger partial charge is 0.254 e. The third-order valence-corrected chi connectivity index (χ3v) is 11.5. The van der Waals surface area contributed by atoms with E-state index in [1.54, 1.807) is 136 Å². The van der Waals surface area contributed by atoms with Gasteiger partial charge in [-0.1, -0.05) is 0 Å². The fourth-order valence-corrected chi connectivity index (χ4v) is 13.6. The van der Waals surface area contributed by atoms with Crippen LogP contribution >= 0.6 is 182 Å². The van der Waals surface area contributed by atoms with Gasteiger partial charge in [-0.2, -0.15) is 0 Å². The number of anilines is 2. The van der Waals surface area contributed by atoms with E-state index in [4.69, 9.17) is 46.4 Å². The van der Waals surface area contributed by atoms with Crippen LogP contribution in [-0.4, -0.2) is 32.8 Å². The Morgan fingerprint density at radius 2 is 0.676 bits per heavy atom. The van der Waals surface area contributed by atoms with Gasteiger partial charge in [0.05, 0.1) is 47.9 Å². The molecule has 0 radical (unpaired) electrons. The molecular formula is C19H4Cl4I6N2O6. The SMILES string of the molecule is O=C(CC(=O)Nc1c(I)c(C(=O)Cl)c(I)c(C(=O)Cl)c1I)Nc1c(I)c(C(=O)Cl)c(I)c(C(=O)Cl)c1I. The maximum Gasteiger partial charge on any atom is 0.254 e. The van der Waals surface area contributed by atoms with Crippen molar-refractivity contribution in [1.29, 1.82) is 0 Å². The molecular weight excluding hydrogens is 1260 g/mol. The molecule has 2 aromatic rings. The van der Waals surface area contributed by atoms with Crippen LogP contribution in [0.25, 0.3) is 0 Å². The quantitative estimate of drug-likeness (QED) is 0.158. The average molecular weight is 1260 g/mol. The van der Waals surface area contributed by atoms with Crippen LogP contribution in [0.4, 0.5) is 11.4 Å². The zero-order valence-corrected chi connectivity index (χ0v) is 32.9. The van der Waals surface area contributed by atoms with Crippen molar-refractivity contribution in [1.82, 2.24) is 0 Å². The van der Waals surface area contributed by atoms with E-state index in [1.807, 2.05) is 0 Å². The lowest BCUT2D eigenvalue weighted by Crippen LogP contribution is -2.25. The predicted molar refractivity (Wildman–Crippen MR) is 192 cm³/mol. The fraction of sp³-hybridized carbons (Fsp3) is 0.0526. The van der Waals surface area contributed by atoms with Crippen molar-refractivity contribution >= 4 is 226 Å². The van der Waals surface area contributed by atoms with Gasteiger partial charge < -0.3 is 10.6 Å². The normalized spacial score (nSPS) is 10.6. The maximum absolute atomic E-state index is 12.8. The molecule has 0 heterocycles. The van der Waals surface area contributed by atoms with Crippen molar-refractivity contribution in [2.45, 2.75) is 6.42 Å². The van der Waals surface area contributed by atoms with Gasteiger partial charge in [0.15, 0.2) is 0 Å². The van der Waals surface area contributed by atoms with E-state index in [0.717, 1.165) is 0 Å². The first-order chi connectivity index (χ1) is 17.0. The van der Waals surface area contributed by atoms with Crippen LogP contribution in [0, 0.1) is 21.4 Å². The minimum atomic E-state index is -0.866. The number of amides is 2. The molecule has 8 nitrogen and oxygen atoms in total. The highest BCUT2D eigenvalue weighted by atomic mass is 127. The Kier molecular flexibility index (Phi) is 13.8. The van der Waals surface area contributed by atoms with E-state index in [1.165, 1.54) is 0 Å². The van der Waals surface area contributed by atoms with Crippen molar-refractivity contribution < 1.29 is 28.8 Å². The lowest BCUT2D eigenvalue weighted by molar-refractivity contribution is -0.123. The Balaban J connectivity index is 2.45. The summed E-state index contributed by atoms with van der Waals surface area (Å²) >= 11 is 33.4. The van der Waals surface area contributed by atoms with E-state index < -0.39 is 39.2 Å². The summed E-state index contributed by atoms with van der Waals surface area (Å²) in [6.07, 6.45) is -0.709. The number of hydrogen-bond acceptors (Lipinski definition) is 6. The largest absolute Gasteiger partial charge is 0.324 e. The summed E-state index contributed by atoms with van der Waals surface area (Å²) < 4.78 is 1.44. The summed E-state index contributed by atoms with van der Waals surface area (Å²) in [7, 11) is 0. The molecule has 0 fully saturated rings. The van der Waals surface area contributed by atoms with E-state index in [2.05, 4.69) is 10.6 Å². The monoisotopic (exact) mass is 1260 g/mol. The zero-order chi connectivity index (χ0) is 28.5. The maximum atomic E-state index is 12.8. The summed E-state index contributed by atoms with van der Waals surface area (Å²) in [4.78, 5) is 73.5. The summed E-state index contributed by atoms with van der Waals surface area (Å²) in [6, 6.07) is 0. The fourth-order valence-electron chi connectivity index (χ4n) is 2.75. The van der Waals surface area contributed by atoms with Gasteiger partial charge >= 0.3 is 0 Å². The molecule has 0 aromatic heterocycles. The van der Waals surface area contributed by atoms with Gasteiger partial charge in [-0.3, -0.25) is 28.8 Å². The van der Waals surface area contributed by atoms with Crippen molar-refractivity contribution in [3.63, 3.8) is 0 Å². The first-order valence-corrected chi connectivity index (χ1v) is 16.8. The van der Waals surface area contributed by atoms with Gasteiger partial charge in [-0.25, -0.2) is 0 Å². The van der Waals surface area contributed by atoms with Gasteiger partial charge in [-0.15, -0.1) is 0 Å². The van der Waals surface area contributed by atoms with Gasteiger partial charge in [0.1, 0.15) is 6.42 Å². The molecule has 18 heteroatoms. The van der Waals surface area contributed by atoms with Crippen LogP contribution in [0.15, 0.2) is 0 Å².